The van der Waals surface area contributed by atoms with E-state index in [1.165, 1.54) is 11.8 Å². The number of nitrogens with zero attached hydrogens (tertiary/aromatic N) is 6. The van der Waals surface area contributed by atoms with Crippen molar-refractivity contribution in [3.05, 3.63) is 48.8 Å². The van der Waals surface area contributed by atoms with Gasteiger partial charge in [-0.2, -0.15) is 0 Å². The first-order valence-electron chi connectivity index (χ1n) is 10.3. The zero-order valence-corrected chi connectivity index (χ0v) is 18.6. The Kier molecular flexibility index (Phi) is 6.83. The van der Waals surface area contributed by atoms with Gasteiger partial charge in [-0.3, -0.25) is 14.3 Å². The van der Waals surface area contributed by atoms with Gasteiger partial charge in [0.05, 0.1) is 12.9 Å². The Balaban J connectivity index is 1.56. The number of benzene rings is 1. The lowest BCUT2D eigenvalue weighted by atomic mass is 10.2. The molecule has 1 aliphatic heterocycles. The smallest absolute Gasteiger partial charge is 0.233 e. The molecule has 0 N–H and O–H groups in total. The van der Waals surface area contributed by atoms with Crippen LogP contribution in [0.4, 0.5) is 0 Å². The van der Waals surface area contributed by atoms with Gasteiger partial charge in [0.1, 0.15) is 5.75 Å². The molecular weight excluding hydrogens is 412 g/mol. The molecule has 9 heteroatoms. The number of amides is 1. The second kappa shape index (κ2) is 9.93. The molecule has 0 radical (unpaired) electrons. The minimum Gasteiger partial charge on any atom is -0.497 e. The van der Waals surface area contributed by atoms with Gasteiger partial charge in [-0.15, -0.1) is 10.2 Å². The van der Waals surface area contributed by atoms with Crippen LogP contribution >= 0.6 is 11.8 Å². The first kappa shape index (κ1) is 21.3. The van der Waals surface area contributed by atoms with Crippen LogP contribution in [0, 0.1) is 0 Å². The summed E-state index contributed by atoms with van der Waals surface area (Å²) in [5.41, 5.74) is 1.82. The van der Waals surface area contributed by atoms with Crippen molar-refractivity contribution in [1.82, 2.24) is 29.5 Å². The summed E-state index contributed by atoms with van der Waals surface area (Å²) in [6.45, 7) is 6.60. The van der Waals surface area contributed by atoms with Crippen molar-refractivity contribution in [1.29, 1.82) is 0 Å². The molecule has 1 amide bonds. The molecule has 3 heterocycles. The normalized spacial score (nSPS) is 14.6. The largest absolute Gasteiger partial charge is 0.497 e. The summed E-state index contributed by atoms with van der Waals surface area (Å²) in [5, 5.41) is 9.50. The number of likely N-dealkylation sites (N-methyl/N-ethyl adjacent to an activating group) is 1. The average Bonchev–Trinajstić information content (AvgIpc) is 3.27. The van der Waals surface area contributed by atoms with Crippen molar-refractivity contribution >= 4 is 17.7 Å². The van der Waals surface area contributed by atoms with Crippen LogP contribution in [0.2, 0.25) is 0 Å². The number of piperazine rings is 1. The standard InChI is InChI=1S/C22H26N6O2S/c1-3-26-12-14-27(15-13-26)20(29)16-31-22-25-24-21(17-8-10-23-11-9-17)28(22)18-4-6-19(30-2)7-5-18/h4-11H,3,12-16H2,1-2H3. The van der Waals surface area contributed by atoms with Gasteiger partial charge >= 0.3 is 0 Å². The predicted octanol–water partition coefficient (Wildman–Crippen LogP) is 2.59. The zero-order chi connectivity index (χ0) is 21.6. The Bertz CT molecular complexity index is 1000. The van der Waals surface area contributed by atoms with Gasteiger partial charge in [-0.05, 0) is 42.9 Å². The Labute approximate surface area is 186 Å². The summed E-state index contributed by atoms with van der Waals surface area (Å²) in [4.78, 5) is 21.2. The fourth-order valence-corrected chi connectivity index (χ4v) is 4.40. The van der Waals surface area contributed by atoms with Crippen LogP contribution in [0.5, 0.6) is 5.75 Å². The molecule has 0 atom stereocenters. The molecule has 162 valence electrons. The van der Waals surface area contributed by atoms with E-state index in [1.54, 1.807) is 19.5 Å². The maximum Gasteiger partial charge on any atom is 0.233 e. The topological polar surface area (TPSA) is 76.4 Å². The third kappa shape index (κ3) is 4.88. The highest BCUT2D eigenvalue weighted by atomic mass is 32.2. The van der Waals surface area contributed by atoms with E-state index in [-0.39, 0.29) is 5.91 Å². The van der Waals surface area contributed by atoms with Crippen molar-refractivity contribution < 1.29 is 9.53 Å². The van der Waals surface area contributed by atoms with E-state index >= 15 is 0 Å². The minimum atomic E-state index is 0.135. The monoisotopic (exact) mass is 438 g/mol. The molecule has 0 saturated carbocycles. The number of ether oxygens (including phenoxy) is 1. The molecule has 2 aromatic heterocycles. The van der Waals surface area contributed by atoms with Crippen LogP contribution in [0.25, 0.3) is 17.1 Å². The Morgan fingerprint density at radius 1 is 1.03 bits per heavy atom. The number of methoxy groups -OCH3 is 1. The first-order valence-corrected chi connectivity index (χ1v) is 11.3. The second-order valence-electron chi connectivity index (χ2n) is 7.18. The predicted molar refractivity (Wildman–Crippen MR) is 121 cm³/mol. The van der Waals surface area contributed by atoms with Crippen molar-refractivity contribution in [2.24, 2.45) is 0 Å². The second-order valence-corrected chi connectivity index (χ2v) is 8.12. The minimum absolute atomic E-state index is 0.135. The quantitative estimate of drug-likeness (QED) is 0.525. The number of pyridine rings is 1. The number of carbonyl (C=O) groups is 1. The van der Waals surface area contributed by atoms with Gasteiger partial charge < -0.3 is 14.5 Å². The number of thioether (sulfide) groups is 1. The van der Waals surface area contributed by atoms with Crippen LogP contribution in [0.3, 0.4) is 0 Å². The molecule has 3 aromatic rings. The highest BCUT2D eigenvalue weighted by molar-refractivity contribution is 7.99. The number of aromatic nitrogens is 4. The lowest BCUT2D eigenvalue weighted by molar-refractivity contribution is -0.130. The molecule has 0 bridgehead atoms. The van der Waals surface area contributed by atoms with Crippen molar-refractivity contribution in [2.75, 3.05) is 45.6 Å². The van der Waals surface area contributed by atoms with Crippen molar-refractivity contribution in [2.45, 2.75) is 12.1 Å². The molecule has 4 rings (SSSR count). The molecular formula is C22H26N6O2S. The molecule has 1 fully saturated rings. The summed E-state index contributed by atoms with van der Waals surface area (Å²) in [5.74, 6) is 1.95. The first-order chi connectivity index (χ1) is 15.2. The van der Waals surface area contributed by atoms with Gasteiger partial charge in [-0.25, -0.2) is 0 Å². The molecule has 0 unspecified atom stereocenters. The van der Waals surface area contributed by atoms with Crippen LogP contribution in [0.1, 0.15) is 6.92 Å². The Morgan fingerprint density at radius 3 is 2.39 bits per heavy atom. The number of hydrogen-bond donors (Lipinski definition) is 0. The van der Waals surface area contributed by atoms with E-state index in [9.17, 15) is 4.79 Å². The van der Waals surface area contributed by atoms with Crippen LogP contribution in [-0.4, -0.2) is 81.0 Å². The lowest BCUT2D eigenvalue weighted by Crippen LogP contribution is -2.49. The van der Waals surface area contributed by atoms with Crippen LogP contribution in [0.15, 0.2) is 53.9 Å². The number of hydrogen-bond acceptors (Lipinski definition) is 7. The van der Waals surface area contributed by atoms with Gasteiger partial charge in [0.15, 0.2) is 11.0 Å². The van der Waals surface area contributed by atoms with Crippen LogP contribution < -0.4 is 4.74 Å². The third-order valence-corrected chi connectivity index (χ3v) is 6.31. The van der Waals surface area contributed by atoms with Crippen molar-refractivity contribution in [3.8, 4) is 22.8 Å². The van der Waals surface area contributed by atoms with E-state index in [4.69, 9.17) is 4.74 Å². The number of rotatable bonds is 7. The fourth-order valence-electron chi connectivity index (χ4n) is 3.55. The van der Waals surface area contributed by atoms with E-state index in [0.717, 1.165) is 49.7 Å². The summed E-state index contributed by atoms with van der Waals surface area (Å²) < 4.78 is 7.26. The third-order valence-electron chi connectivity index (χ3n) is 5.40. The fraction of sp³-hybridized carbons (Fsp3) is 0.364. The highest BCUT2D eigenvalue weighted by Crippen LogP contribution is 2.28. The SMILES string of the molecule is CCN1CCN(C(=O)CSc2nnc(-c3ccncc3)n2-c2ccc(OC)cc2)CC1. The van der Waals surface area contributed by atoms with Gasteiger partial charge in [-0.1, -0.05) is 18.7 Å². The maximum atomic E-state index is 12.8. The molecule has 0 aliphatic carbocycles. The highest BCUT2D eigenvalue weighted by Gasteiger charge is 2.22. The van der Waals surface area contributed by atoms with E-state index < -0.39 is 0 Å². The molecule has 0 spiro atoms. The molecule has 31 heavy (non-hydrogen) atoms. The summed E-state index contributed by atoms with van der Waals surface area (Å²) in [6, 6.07) is 11.5. The molecule has 1 aromatic carbocycles. The van der Waals surface area contributed by atoms with Gasteiger partial charge in [0, 0.05) is 49.8 Å². The summed E-state index contributed by atoms with van der Waals surface area (Å²) >= 11 is 1.41. The number of carbonyl (C=O) groups excluding carboxylic acids is 1. The summed E-state index contributed by atoms with van der Waals surface area (Å²) in [7, 11) is 1.64. The molecule has 1 saturated heterocycles. The Hall–Kier alpha value is -2.91. The summed E-state index contributed by atoms with van der Waals surface area (Å²) in [6.07, 6.45) is 3.46. The zero-order valence-electron chi connectivity index (χ0n) is 17.8. The molecule has 1 aliphatic rings. The van der Waals surface area contributed by atoms with E-state index in [0.29, 0.717) is 16.7 Å². The average molecular weight is 439 g/mol. The van der Waals surface area contributed by atoms with E-state index in [2.05, 4.69) is 27.0 Å². The van der Waals surface area contributed by atoms with Gasteiger partial charge in [0.25, 0.3) is 0 Å². The van der Waals surface area contributed by atoms with Crippen LogP contribution in [-0.2, 0) is 4.79 Å². The van der Waals surface area contributed by atoms with Crippen molar-refractivity contribution in [3.63, 3.8) is 0 Å². The lowest BCUT2D eigenvalue weighted by Gasteiger charge is -2.34. The Morgan fingerprint density at radius 2 is 1.74 bits per heavy atom. The maximum absolute atomic E-state index is 12.8. The van der Waals surface area contributed by atoms with Gasteiger partial charge in [0.2, 0.25) is 5.91 Å². The van der Waals surface area contributed by atoms with E-state index in [1.807, 2.05) is 45.9 Å². The molecule has 8 nitrogen and oxygen atoms in total.